The quantitative estimate of drug-likeness (QED) is 0.154. The molecule has 1 aliphatic rings. The molecule has 0 bridgehead atoms. The second-order valence-electron chi connectivity index (χ2n) is 15.1. The summed E-state index contributed by atoms with van der Waals surface area (Å²) in [5.41, 5.74) is 11.0. The number of rotatable bonds is 8. The molecule has 7 rings (SSSR count). The molecule has 2 atom stereocenters. The van der Waals surface area contributed by atoms with Crippen molar-refractivity contribution in [1.29, 1.82) is 0 Å². The summed E-state index contributed by atoms with van der Waals surface area (Å²) < 4.78 is 11.2. The smallest absolute Gasteiger partial charge is 0.137 e. The van der Waals surface area contributed by atoms with Gasteiger partial charge in [-0.15, -0.1) is 0 Å². The number of hydrogen-bond acceptors (Lipinski definition) is 3. The van der Waals surface area contributed by atoms with Crippen LogP contribution in [0.2, 0.25) is 0 Å². The van der Waals surface area contributed by atoms with Crippen molar-refractivity contribution in [3.8, 4) is 23.0 Å². The summed E-state index contributed by atoms with van der Waals surface area (Å²) in [4.78, 5) is 4.76. The number of pyridine rings is 1. The molecule has 0 radical (unpaired) electrons. The van der Waals surface area contributed by atoms with Crippen LogP contribution in [-0.2, 0) is 0 Å². The van der Waals surface area contributed by atoms with E-state index in [1.165, 1.54) is 46.0 Å². The summed E-state index contributed by atoms with van der Waals surface area (Å²) in [6.45, 7) is 20.5. The third kappa shape index (κ3) is 5.98. The van der Waals surface area contributed by atoms with Gasteiger partial charge in [0.1, 0.15) is 17.3 Å². The fourth-order valence-electron chi connectivity index (χ4n) is 8.19. The largest absolute Gasteiger partial charge is 0.457 e. The summed E-state index contributed by atoms with van der Waals surface area (Å²) in [6.07, 6.45) is 6.80. The van der Waals surface area contributed by atoms with Gasteiger partial charge in [0.25, 0.3) is 0 Å². The van der Waals surface area contributed by atoms with Gasteiger partial charge in [0, 0.05) is 46.3 Å². The number of benzene rings is 3. The third-order valence-corrected chi connectivity index (χ3v) is 10.7. The van der Waals surface area contributed by atoms with E-state index in [-0.39, 0.29) is 0 Å². The van der Waals surface area contributed by atoms with Crippen molar-refractivity contribution in [3.63, 3.8) is 0 Å². The molecule has 1 unspecified atom stereocenters. The summed E-state index contributed by atoms with van der Waals surface area (Å²) in [6, 6.07) is 25.7. The number of nitrogens with zero attached hydrogens (tertiary/aromatic N) is 4. The van der Waals surface area contributed by atoms with Gasteiger partial charge in [0.15, 0.2) is 0 Å². The minimum Gasteiger partial charge on any atom is -0.457 e. The van der Waals surface area contributed by atoms with E-state index >= 15 is 0 Å². The van der Waals surface area contributed by atoms with E-state index in [1.54, 1.807) is 5.57 Å². The molecule has 1 aliphatic carbocycles. The molecule has 3 heterocycles. The molecule has 0 N–H and O–H groups in total. The van der Waals surface area contributed by atoms with E-state index in [1.807, 2.05) is 12.3 Å². The Labute approximate surface area is 291 Å². The zero-order chi connectivity index (χ0) is 34.6. The third-order valence-electron chi connectivity index (χ3n) is 10.7. The maximum atomic E-state index is 6.76. The second-order valence-corrected chi connectivity index (χ2v) is 15.1. The topological polar surface area (TPSA) is 44.9 Å². The normalized spacial score (nSPS) is 16.8. The first kappa shape index (κ1) is 32.9. The number of aryl methyl sites for hydroxylation is 2. The Bertz CT molecular complexity index is 2190. The monoisotopic (exact) mass is 650 g/mol. The van der Waals surface area contributed by atoms with Crippen LogP contribution in [-0.4, -0.2) is 19.3 Å². The van der Waals surface area contributed by atoms with Crippen molar-refractivity contribution < 1.29 is 4.74 Å². The number of allylic oxidation sites excluding steroid dienone is 2. The number of ether oxygens (including phenoxy) is 1. The summed E-state index contributed by atoms with van der Waals surface area (Å²) in [7, 11) is 0. The predicted molar refractivity (Wildman–Crippen MR) is 204 cm³/mol. The molecule has 49 heavy (non-hydrogen) atoms. The number of hydrogen-bond donors (Lipinski definition) is 0. The Morgan fingerprint density at radius 1 is 0.776 bits per heavy atom. The van der Waals surface area contributed by atoms with Crippen LogP contribution in [0.25, 0.3) is 33.3 Å². The first-order valence-corrected chi connectivity index (χ1v) is 18.1. The lowest BCUT2D eigenvalue weighted by molar-refractivity contribution is 0.297. The van der Waals surface area contributed by atoms with Gasteiger partial charge in [-0.2, -0.15) is 5.10 Å². The van der Waals surface area contributed by atoms with Crippen molar-refractivity contribution in [1.82, 2.24) is 19.3 Å². The van der Waals surface area contributed by atoms with Crippen molar-refractivity contribution in [3.05, 3.63) is 119 Å². The molecule has 0 saturated carbocycles. The molecule has 0 amide bonds. The molecule has 6 aromatic rings. The molecule has 252 valence electrons. The van der Waals surface area contributed by atoms with Gasteiger partial charge in [-0.1, -0.05) is 71.4 Å². The highest BCUT2D eigenvalue weighted by atomic mass is 16.5. The maximum Gasteiger partial charge on any atom is 0.137 e. The predicted octanol–water partition coefficient (Wildman–Crippen LogP) is 11.9. The van der Waals surface area contributed by atoms with E-state index in [2.05, 4.69) is 144 Å². The van der Waals surface area contributed by atoms with Crippen LogP contribution in [0.1, 0.15) is 94.3 Å². The molecule has 5 nitrogen and oxygen atoms in total. The van der Waals surface area contributed by atoms with Crippen LogP contribution in [0.3, 0.4) is 0 Å². The van der Waals surface area contributed by atoms with Crippen LogP contribution >= 0.6 is 0 Å². The maximum absolute atomic E-state index is 6.76. The van der Waals surface area contributed by atoms with Gasteiger partial charge < -0.3 is 4.74 Å². The number of para-hydroxylation sites is 1. The molecule has 0 fully saturated rings. The molecule has 3 aromatic carbocycles. The Balaban J connectivity index is 1.32. The first-order valence-electron chi connectivity index (χ1n) is 18.1. The Hall–Kier alpha value is -4.64. The summed E-state index contributed by atoms with van der Waals surface area (Å²) >= 11 is 0. The van der Waals surface area contributed by atoms with Crippen molar-refractivity contribution in [2.24, 2.45) is 17.8 Å². The highest BCUT2D eigenvalue weighted by Gasteiger charge is 2.36. The Kier molecular flexibility index (Phi) is 8.73. The zero-order valence-electron chi connectivity index (χ0n) is 30.6. The van der Waals surface area contributed by atoms with Gasteiger partial charge >= 0.3 is 0 Å². The van der Waals surface area contributed by atoms with E-state index in [0.29, 0.717) is 29.6 Å². The van der Waals surface area contributed by atoms with E-state index in [4.69, 9.17) is 14.8 Å². The van der Waals surface area contributed by atoms with Crippen molar-refractivity contribution in [2.75, 3.05) is 0 Å². The fraction of sp³-hybridized carbons (Fsp3) is 0.364. The van der Waals surface area contributed by atoms with Gasteiger partial charge in [0.2, 0.25) is 0 Å². The number of aromatic nitrogens is 4. The van der Waals surface area contributed by atoms with Crippen LogP contribution < -0.4 is 4.74 Å². The standard InChI is InChI=1S/C44H50N4O/c1-26(2)32-22-33(48-31(9)43(30(8)46-48)44-36(27(3)4)14-12-15-37(44)28(5)6)24-35(23-32)49-34-17-18-39-38-13-10-11-16-40(38)47(41(39)25-34)42-21-29(7)19-20-45-42/h10-11,13-14,16-28,37,44H,12,15H2,1-9H3/t37-,44?/m1/s1. The average Bonchev–Trinajstić information content (AvgIpc) is 3.56. The summed E-state index contributed by atoms with van der Waals surface area (Å²) in [5, 5.41) is 7.61. The molecular weight excluding hydrogens is 601 g/mol. The van der Waals surface area contributed by atoms with Gasteiger partial charge in [-0.25, -0.2) is 9.67 Å². The molecule has 5 heteroatoms. The lowest BCUT2D eigenvalue weighted by atomic mass is 9.67. The molecule has 0 aliphatic heterocycles. The highest BCUT2D eigenvalue weighted by molar-refractivity contribution is 6.09. The van der Waals surface area contributed by atoms with Crippen LogP contribution in [0.5, 0.6) is 11.5 Å². The average molecular weight is 651 g/mol. The van der Waals surface area contributed by atoms with Crippen molar-refractivity contribution in [2.45, 2.75) is 87.0 Å². The second kappa shape index (κ2) is 13.0. The molecular formula is C44H50N4O. The molecule has 3 aromatic heterocycles. The fourth-order valence-corrected chi connectivity index (χ4v) is 8.19. The first-order chi connectivity index (χ1) is 23.5. The summed E-state index contributed by atoms with van der Waals surface area (Å²) in [5.74, 6) is 4.96. The minimum absolute atomic E-state index is 0.329. The number of fused-ring (bicyclic) bond motifs is 3. The minimum atomic E-state index is 0.329. The SMILES string of the molecule is Cc1ccnc(-n2c3ccccc3c3ccc(Oc4cc(C(C)C)cc(-n5nc(C)c(C6C(C(C)C)=CCC[C@@H]6C(C)C)c5C)c4)cc32)c1. The lowest BCUT2D eigenvalue weighted by Crippen LogP contribution is -2.26. The van der Waals surface area contributed by atoms with Crippen LogP contribution in [0, 0.1) is 38.5 Å². The van der Waals surface area contributed by atoms with Gasteiger partial charge in [0.05, 0.1) is 22.4 Å². The van der Waals surface area contributed by atoms with E-state index < -0.39 is 0 Å². The van der Waals surface area contributed by atoms with Crippen LogP contribution in [0.15, 0.2) is 90.6 Å². The Morgan fingerprint density at radius 3 is 2.29 bits per heavy atom. The van der Waals surface area contributed by atoms with E-state index in [0.717, 1.165) is 39.7 Å². The van der Waals surface area contributed by atoms with Crippen molar-refractivity contribution >= 4 is 21.8 Å². The Morgan fingerprint density at radius 2 is 1.55 bits per heavy atom. The highest BCUT2D eigenvalue weighted by Crippen LogP contribution is 2.47. The zero-order valence-corrected chi connectivity index (χ0v) is 30.6. The van der Waals surface area contributed by atoms with Gasteiger partial charge in [-0.3, -0.25) is 4.57 Å². The van der Waals surface area contributed by atoms with Gasteiger partial charge in [-0.05, 0) is 111 Å². The molecule has 0 saturated heterocycles. The molecule has 0 spiro atoms. The van der Waals surface area contributed by atoms with E-state index in [9.17, 15) is 0 Å². The van der Waals surface area contributed by atoms with Crippen LogP contribution in [0.4, 0.5) is 0 Å². The lowest BCUT2D eigenvalue weighted by Gasteiger charge is -2.37.